The largest absolute Gasteiger partial charge is 0.872 e. The SMILES string of the molecule is C/C=c1/ccc2c(c1)Oc1cccc(/C=C3C([O-])=C(/C=c4\cccc5c4=Cc4ccc(N(C)C)cc4O5)C\3(C)C)c1C=2. The van der Waals surface area contributed by atoms with Gasteiger partial charge in [0.15, 0.2) is 0 Å². The molecule has 0 fully saturated rings. The van der Waals surface area contributed by atoms with Gasteiger partial charge in [0, 0.05) is 52.8 Å². The van der Waals surface area contributed by atoms with Crippen molar-refractivity contribution in [2.45, 2.75) is 20.8 Å². The second kappa shape index (κ2) is 9.56. The van der Waals surface area contributed by atoms with Gasteiger partial charge in [-0.25, -0.2) is 0 Å². The van der Waals surface area contributed by atoms with E-state index in [1.807, 2.05) is 57.4 Å². The fraction of sp³-hybridized carbons (Fsp3) is 0.158. The normalized spacial score (nSPS) is 17.5. The van der Waals surface area contributed by atoms with Gasteiger partial charge in [0.1, 0.15) is 23.0 Å². The maximum absolute atomic E-state index is 13.7. The van der Waals surface area contributed by atoms with E-state index in [1.165, 1.54) is 0 Å². The van der Waals surface area contributed by atoms with Crippen LogP contribution in [0.15, 0.2) is 89.7 Å². The Morgan fingerprint density at radius 3 is 2.36 bits per heavy atom. The van der Waals surface area contributed by atoms with E-state index < -0.39 is 5.41 Å². The topological polar surface area (TPSA) is 44.8 Å². The molecule has 4 aromatic rings. The standard InChI is InChI=1S/C38H33NO3/c1-6-23-13-14-26-18-29-24(9-7-11-33(29)41-35(26)17-23)20-31-37(40)32(38(31,2)3)21-25-10-8-12-34-30(25)19-27-15-16-28(39(4)5)22-36(27)42-34/h6-22,40H,1-5H3/p-1/b23-6-,25-21+,31-20+. The Morgan fingerprint density at radius 1 is 0.786 bits per heavy atom. The van der Waals surface area contributed by atoms with E-state index >= 15 is 0 Å². The predicted molar refractivity (Wildman–Crippen MR) is 169 cm³/mol. The number of hydrogen-bond acceptors (Lipinski definition) is 4. The van der Waals surface area contributed by atoms with Crippen molar-refractivity contribution in [3.8, 4) is 23.0 Å². The summed E-state index contributed by atoms with van der Waals surface area (Å²) in [7, 11) is 4.04. The molecule has 0 radical (unpaired) electrons. The molecule has 4 aromatic carbocycles. The molecule has 2 heterocycles. The number of hydrogen-bond donors (Lipinski definition) is 0. The number of ether oxygens (including phenoxy) is 2. The average Bonchev–Trinajstić information content (AvgIpc) is 2.99. The number of benzene rings is 4. The van der Waals surface area contributed by atoms with Crippen molar-refractivity contribution in [2.24, 2.45) is 5.41 Å². The zero-order chi connectivity index (χ0) is 29.2. The van der Waals surface area contributed by atoms with Gasteiger partial charge in [-0.2, -0.15) is 0 Å². The van der Waals surface area contributed by atoms with Crippen LogP contribution in [0.1, 0.15) is 37.5 Å². The molecule has 3 aliphatic rings. The van der Waals surface area contributed by atoms with E-state index in [-0.39, 0.29) is 5.76 Å². The molecule has 4 heteroatoms. The first-order valence-corrected chi connectivity index (χ1v) is 14.3. The van der Waals surface area contributed by atoms with Crippen LogP contribution in [0.2, 0.25) is 0 Å². The minimum absolute atomic E-state index is 0.0724. The summed E-state index contributed by atoms with van der Waals surface area (Å²) < 4.78 is 12.6. The van der Waals surface area contributed by atoms with Gasteiger partial charge in [-0.05, 0) is 76.6 Å². The van der Waals surface area contributed by atoms with E-state index in [0.29, 0.717) is 0 Å². The van der Waals surface area contributed by atoms with Crippen LogP contribution >= 0.6 is 0 Å². The van der Waals surface area contributed by atoms with Crippen molar-refractivity contribution in [1.82, 2.24) is 0 Å². The summed E-state index contributed by atoms with van der Waals surface area (Å²) in [6.07, 6.45) is 10.4. The highest BCUT2D eigenvalue weighted by molar-refractivity contribution is 5.80. The van der Waals surface area contributed by atoms with E-state index in [0.717, 1.165) is 77.4 Å². The lowest BCUT2D eigenvalue weighted by Crippen LogP contribution is -2.38. The number of allylic oxidation sites excluding steroid dienone is 2. The van der Waals surface area contributed by atoms with Crippen molar-refractivity contribution in [1.29, 1.82) is 0 Å². The summed E-state index contributed by atoms with van der Waals surface area (Å²) in [5, 5.41) is 17.8. The van der Waals surface area contributed by atoms with Crippen LogP contribution in [0.25, 0.3) is 30.4 Å². The van der Waals surface area contributed by atoms with Crippen LogP contribution in [0.3, 0.4) is 0 Å². The third-order valence-electron chi connectivity index (χ3n) is 8.56. The summed E-state index contributed by atoms with van der Waals surface area (Å²) in [4.78, 5) is 2.06. The highest BCUT2D eigenvalue weighted by atomic mass is 16.5. The summed E-state index contributed by atoms with van der Waals surface area (Å²) in [5.74, 6) is 3.35. The molecule has 208 valence electrons. The van der Waals surface area contributed by atoms with Crippen LogP contribution < -0.4 is 40.4 Å². The molecule has 4 nitrogen and oxygen atoms in total. The summed E-state index contributed by atoms with van der Waals surface area (Å²) in [6, 6.07) is 24.5. The van der Waals surface area contributed by atoms with Crippen LogP contribution in [0.4, 0.5) is 5.69 Å². The third-order valence-corrected chi connectivity index (χ3v) is 8.56. The number of rotatable bonds is 3. The monoisotopic (exact) mass is 550 g/mol. The van der Waals surface area contributed by atoms with E-state index in [2.05, 4.69) is 85.5 Å². The van der Waals surface area contributed by atoms with Crippen LogP contribution in [0, 0.1) is 5.41 Å². The Hall–Kier alpha value is -4.96. The van der Waals surface area contributed by atoms with E-state index in [4.69, 9.17) is 9.47 Å². The lowest BCUT2D eigenvalue weighted by Gasteiger charge is -2.47. The van der Waals surface area contributed by atoms with Gasteiger partial charge in [0.05, 0.1) is 0 Å². The van der Waals surface area contributed by atoms with Crippen LogP contribution in [-0.2, 0) is 0 Å². The third kappa shape index (κ3) is 4.14. The van der Waals surface area contributed by atoms with Gasteiger partial charge in [-0.1, -0.05) is 68.5 Å². The van der Waals surface area contributed by atoms with Crippen molar-refractivity contribution >= 4 is 36.1 Å². The molecular formula is C38H32NO3-. The van der Waals surface area contributed by atoms with E-state index in [9.17, 15) is 5.11 Å². The second-order valence-electron chi connectivity index (χ2n) is 11.8. The molecular weight excluding hydrogens is 518 g/mol. The Bertz CT molecular complexity index is 2110. The van der Waals surface area contributed by atoms with Gasteiger partial charge >= 0.3 is 0 Å². The molecule has 0 saturated carbocycles. The molecule has 0 bridgehead atoms. The fourth-order valence-corrected chi connectivity index (χ4v) is 5.95. The minimum Gasteiger partial charge on any atom is -0.872 e. The Morgan fingerprint density at radius 2 is 1.57 bits per heavy atom. The quantitative estimate of drug-likeness (QED) is 0.313. The molecule has 0 saturated heterocycles. The first-order valence-electron chi connectivity index (χ1n) is 14.3. The molecule has 0 atom stereocenters. The smallest absolute Gasteiger partial charge is 0.136 e. The highest BCUT2D eigenvalue weighted by Gasteiger charge is 2.36. The van der Waals surface area contributed by atoms with Gasteiger partial charge in [-0.15, -0.1) is 5.76 Å². The zero-order valence-electron chi connectivity index (χ0n) is 24.5. The van der Waals surface area contributed by atoms with Gasteiger partial charge < -0.3 is 19.5 Å². The van der Waals surface area contributed by atoms with Crippen LogP contribution in [-0.4, -0.2) is 14.1 Å². The van der Waals surface area contributed by atoms with Crippen molar-refractivity contribution in [3.63, 3.8) is 0 Å². The first-order chi connectivity index (χ1) is 20.2. The minimum atomic E-state index is -0.407. The lowest BCUT2D eigenvalue weighted by molar-refractivity contribution is -0.306. The highest BCUT2D eigenvalue weighted by Crippen LogP contribution is 2.50. The molecule has 1 aliphatic carbocycles. The first kappa shape index (κ1) is 26.0. The van der Waals surface area contributed by atoms with Crippen LogP contribution in [0.5, 0.6) is 23.0 Å². The van der Waals surface area contributed by atoms with Crippen molar-refractivity contribution in [2.75, 3.05) is 19.0 Å². The number of fused-ring (bicyclic) bond motifs is 4. The summed E-state index contributed by atoms with van der Waals surface area (Å²) in [5.41, 5.74) is 5.26. The van der Waals surface area contributed by atoms with Crippen molar-refractivity contribution in [3.05, 3.63) is 127 Å². The molecule has 0 spiro atoms. The molecule has 0 amide bonds. The lowest BCUT2D eigenvalue weighted by atomic mass is 9.65. The molecule has 7 rings (SSSR count). The molecule has 0 N–H and O–H groups in total. The maximum Gasteiger partial charge on any atom is 0.136 e. The number of nitrogens with zero attached hydrogens (tertiary/aromatic N) is 1. The summed E-state index contributed by atoms with van der Waals surface area (Å²) in [6.45, 7) is 6.26. The van der Waals surface area contributed by atoms with Gasteiger partial charge in [0.25, 0.3) is 0 Å². The van der Waals surface area contributed by atoms with E-state index in [1.54, 1.807) is 0 Å². The van der Waals surface area contributed by atoms with Gasteiger partial charge in [-0.3, -0.25) is 0 Å². The Kier molecular flexibility index (Phi) is 5.91. The summed E-state index contributed by atoms with van der Waals surface area (Å²) >= 11 is 0. The van der Waals surface area contributed by atoms with Gasteiger partial charge in [0.2, 0.25) is 0 Å². The maximum atomic E-state index is 13.7. The Labute approximate surface area is 245 Å². The Balaban J connectivity index is 1.31. The molecule has 42 heavy (non-hydrogen) atoms. The van der Waals surface area contributed by atoms with Crippen molar-refractivity contribution < 1.29 is 14.6 Å². The fourth-order valence-electron chi connectivity index (χ4n) is 5.95. The molecule has 0 unspecified atom stereocenters. The second-order valence-corrected chi connectivity index (χ2v) is 11.8. The average molecular weight is 551 g/mol. The zero-order valence-corrected chi connectivity index (χ0v) is 24.5. The molecule has 0 aromatic heterocycles. The predicted octanol–water partition coefficient (Wildman–Crippen LogP) is 4.94. The number of anilines is 1. The molecule has 2 aliphatic heterocycles.